The summed E-state index contributed by atoms with van der Waals surface area (Å²) in [6.07, 6.45) is 9.93. The van der Waals surface area contributed by atoms with Gasteiger partial charge >= 0.3 is 0 Å². The summed E-state index contributed by atoms with van der Waals surface area (Å²) >= 11 is 0. The molecular formula is C15H24O2. The normalized spacial score (nSPS) is 16.5. The van der Waals surface area contributed by atoms with Crippen molar-refractivity contribution in [2.24, 2.45) is 0 Å². The van der Waals surface area contributed by atoms with Crippen molar-refractivity contribution in [1.82, 2.24) is 0 Å². The zero-order valence-electron chi connectivity index (χ0n) is 11.2. The quantitative estimate of drug-likeness (QED) is 0.397. The van der Waals surface area contributed by atoms with Gasteiger partial charge in [0.1, 0.15) is 6.29 Å². The van der Waals surface area contributed by atoms with Gasteiger partial charge in [0, 0.05) is 0 Å². The van der Waals surface area contributed by atoms with Gasteiger partial charge in [0.2, 0.25) is 0 Å². The van der Waals surface area contributed by atoms with E-state index in [1.807, 2.05) is 13.0 Å². The molecule has 0 unspecified atom stereocenters. The van der Waals surface area contributed by atoms with Crippen LogP contribution in [0.25, 0.3) is 0 Å². The van der Waals surface area contributed by atoms with Crippen molar-refractivity contribution in [3.63, 3.8) is 0 Å². The van der Waals surface area contributed by atoms with E-state index in [0.717, 1.165) is 31.1 Å². The smallest absolute Gasteiger partial charge is 0.145 e. The number of hydrogen-bond donors (Lipinski definition) is 1. The number of carbonyl (C=O) groups is 1. The van der Waals surface area contributed by atoms with Crippen LogP contribution in [0.4, 0.5) is 0 Å². The third-order valence-corrected chi connectivity index (χ3v) is 2.77. The molecule has 0 aromatic carbocycles. The molecule has 0 heterocycles. The molecule has 0 spiro atoms. The van der Waals surface area contributed by atoms with E-state index in [9.17, 15) is 9.90 Å². The Labute approximate surface area is 105 Å². The van der Waals surface area contributed by atoms with Gasteiger partial charge in [-0.25, -0.2) is 0 Å². The van der Waals surface area contributed by atoms with Crippen LogP contribution in [0, 0.1) is 0 Å². The van der Waals surface area contributed by atoms with Crippen molar-refractivity contribution in [1.29, 1.82) is 0 Å². The Morgan fingerprint density at radius 1 is 1.29 bits per heavy atom. The largest absolute Gasteiger partial charge is 0.386 e. The molecule has 1 N–H and O–H groups in total. The Bertz CT molecular complexity index is 309. The predicted molar refractivity (Wildman–Crippen MR) is 72.9 cm³/mol. The van der Waals surface area contributed by atoms with Crippen LogP contribution in [0.2, 0.25) is 0 Å². The molecule has 0 aliphatic carbocycles. The summed E-state index contributed by atoms with van der Waals surface area (Å²) in [5, 5.41) is 9.72. The van der Waals surface area contributed by atoms with Gasteiger partial charge in [0.15, 0.2) is 0 Å². The van der Waals surface area contributed by atoms with Crippen molar-refractivity contribution in [2.45, 2.75) is 52.1 Å². The third kappa shape index (κ3) is 8.64. The van der Waals surface area contributed by atoms with Gasteiger partial charge in [-0.2, -0.15) is 0 Å². The van der Waals surface area contributed by atoms with Crippen molar-refractivity contribution in [3.8, 4) is 0 Å². The lowest BCUT2D eigenvalue weighted by Crippen LogP contribution is -2.19. The lowest BCUT2D eigenvalue weighted by Gasteiger charge is -2.16. The zero-order valence-corrected chi connectivity index (χ0v) is 11.2. The Kier molecular flexibility index (Phi) is 7.47. The molecule has 2 heteroatoms. The van der Waals surface area contributed by atoms with E-state index >= 15 is 0 Å². The molecule has 0 aromatic heterocycles. The first-order valence-electron chi connectivity index (χ1n) is 6.05. The highest BCUT2D eigenvalue weighted by Crippen LogP contribution is 2.15. The molecule has 1 atom stereocenters. The lowest BCUT2D eigenvalue weighted by molar-refractivity contribution is -0.104. The Morgan fingerprint density at radius 2 is 1.94 bits per heavy atom. The summed E-state index contributed by atoms with van der Waals surface area (Å²) in [5.74, 6) is 0. The maximum absolute atomic E-state index is 10.4. The van der Waals surface area contributed by atoms with E-state index in [-0.39, 0.29) is 0 Å². The second-order valence-corrected chi connectivity index (χ2v) is 4.76. The number of carbonyl (C=O) groups excluding carboxylic acids is 1. The van der Waals surface area contributed by atoms with Gasteiger partial charge in [-0.1, -0.05) is 23.8 Å². The molecule has 0 amide bonds. The highest BCUT2D eigenvalue weighted by atomic mass is 16.3. The molecule has 0 saturated heterocycles. The molecule has 0 saturated carbocycles. The minimum Gasteiger partial charge on any atom is -0.386 e. The maximum Gasteiger partial charge on any atom is 0.145 e. The third-order valence-electron chi connectivity index (χ3n) is 2.77. The first-order chi connectivity index (χ1) is 7.91. The van der Waals surface area contributed by atoms with Gasteiger partial charge in [0.05, 0.1) is 5.60 Å². The van der Waals surface area contributed by atoms with Crippen LogP contribution < -0.4 is 0 Å². The number of aldehydes is 1. The Hall–Kier alpha value is -1.15. The molecule has 0 bridgehead atoms. The van der Waals surface area contributed by atoms with Crippen LogP contribution in [0.15, 0.2) is 36.0 Å². The summed E-state index contributed by atoms with van der Waals surface area (Å²) in [4.78, 5) is 10.4. The summed E-state index contributed by atoms with van der Waals surface area (Å²) in [6.45, 7) is 9.25. The topological polar surface area (TPSA) is 37.3 Å². The summed E-state index contributed by atoms with van der Waals surface area (Å²) in [5.41, 5.74) is 1.30. The maximum atomic E-state index is 10.4. The number of allylic oxidation sites excluding steroid dienone is 4. The Morgan fingerprint density at radius 3 is 2.47 bits per heavy atom. The second kappa shape index (κ2) is 8.02. The zero-order chi connectivity index (χ0) is 13.3. The predicted octanol–water partition coefficient (Wildman–Crippen LogP) is 3.58. The Balaban J connectivity index is 3.95. The molecular weight excluding hydrogens is 212 g/mol. The molecule has 2 nitrogen and oxygen atoms in total. The first-order valence-corrected chi connectivity index (χ1v) is 6.05. The molecule has 0 radical (unpaired) electrons. The van der Waals surface area contributed by atoms with Gasteiger partial charge in [0.25, 0.3) is 0 Å². The van der Waals surface area contributed by atoms with Gasteiger partial charge in [-0.05, 0) is 52.0 Å². The molecule has 17 heavy (non-hydrogen) atoms. The monoisotopic (exact) mass is 236 g/mol. The first kappa shape index (κ1) is 15.9. The SMILES string of the molecule is C=C[C@](C)(O)CC/C=C(\C)CC/C=C(\C)C=O. The number of hydrogen-bond acceptors (Lipinski definition) is 2. The van der Waals surface area contributed by atoms with Crippen LogP contribution >= 0.6 is 0 Å². The minimum atomic E-state index is -0.773. The summed E-state index contributed by atoms with van der Waals surface area (Å²) in [7, 11) is 0. The van der Waals surface area contributed by atoms with Crippen LogP contribution in [0.3, 0.4) is 0 Å². The number of aliphatic hydroxyl groups is 1. The molecule has 0 aliphatic heterocycles. The van der Waals surface area contributed by atoms with E-state index < -0.39 is 5.60 Å². The van der Waals surface area contributed by atoms with Crippen LogP contribution in [-0.2, 0) is 4.79 Å². The molecule has 0 fully saturated rings. The highest BCUT2D eigenvalue weighted by Gasteiger charge is 2.13. The van der Waals surface area contributed by atoms with Crippen LogP contribution in [0.1, 0.15) is 46.5 Å². The average Bonchev–Trinajstić information content (AvgIpc) is 2.28. The standard InChI is InChI=1S/C15H24O2/c1-5-15(4,17)11-7-10-13(2)8-6-9-14(3)12-16/h5,9-10,12,17H,1,6-8,11H2,2-4H3/b13-10+,14-9+/t15-/m0/s1. The van der Waals surface area contributed by atoms with Crippen molar-refractivity contribution < 1.29 is 9.90 Å². The van der Waals surface area contributed by atoms with E-state index in [2.05, 4.69) is 19.6 Å². The van der Waals surface area contributed by atoms with Crippen molar-refractivity contribution in [2.75, 3.05) is 0 Å². The summed E-state index contributed by atoms with van der Waals surface area (Å²) < 4.78 is 0. The minimum absolute atomic E-state index is 0.692. The molecule has 0 rings (SSSR count). The fourth-order valence-corrected chi connectivity index (χ4v) is 1.39. The highest BCUT2D eigenvalue weighted by molar-refractivity contribution is 5.71. The van der Waals surface area contributed by atoms with E-state index in [1.54, 1.807) is 13.0 Å². The van der Waals surface area contributed by atoms with Gasteiger partial charge in [-0.15, -0.1) is 6.58 Å². The second-order valence-electron chi connectivity index (χ2n) is 4.76. The summed E-state index contributed by atoms with van der Waals surface area (Å²) in [6, 6.07) is 0. The van der Waals surface area contributed by atoms with E-state index in [0.29, 0.717) is 6.42 Å². The average molecular weight is 236 g/mol. The van der Waals surface area contributed by atoms with E-state index in [4.69, 9.17) is 0 Å². The fraction of sp³-hybridized carbons (Fsp3) is 0.533. The molecule has 96 valence electrons. The number of rotatable bonds is 8. The van der Waals surface area contributed by atoms with Crippen LogP contribution in [-0.4, -0.2) is 17.0 Å². The van der Waals surface area contributed by atoms with Crippen molar-refractivity contribution >= 4 is 6.29 Å². The molecule has 0 aliphatic rings. The van der Waals surface area contributed by atoms with Gasteiger partial charge < -0.3 is 5.11 Å². The lowest BCUT2D eigenvalue weighted by atomic mass is 9.99. The van der Waals surface area contributed by atoms with Crippen LogP contribution in [0.5, 0.6) is 0 Å². The van der Waals surface area contributed by atoms with Crippen molar-refractivity contribution in [3.05, 3.63) is 36.0 Å². The van der Waals surface area contributed by atoms with E-state index in [1.165, 1.54) is 5.57 Å². The van der Waals surface area contributed by atoms with Gasteiger partial charge in [-0.3, -0.25) is 4.79 Å². The molecule has 0 aromatic rings. The fourth-order valence-electron chi connectivity index (χ4n) is 1.39.